The van der Waals surface area contributed by atoms with E-state index in [1.165, 1.54) is 83.3 Å². The molecule has 1 heterocycles. The topological polar surface area (TPSA) is 3.24 Å². The van der Waals surface area contributed by atoms with E-state index in [-0.39, 0.29) is 16.2 Å². The molecule has 0 bridgehead atoms. The molecule has 0 radical (unpaired) electrons. The van der Waals surface area contributed by atoms with Gasteiger partial charge in [-0.3, -0.25) is 0 Å². The van der Waals surface area contributed by atoms with E-state index < -0.39 is 0 Å². The van der Waals surface area contributed by atoms with Crippen LogP contribution in [0.1, 0.15) is 75.3 Å². The van der Waals surface area contributed by atoms with Gasteiger partial charge < -0.3 is 4.90 Å². The van der Waals surface area contributed by atoms with Crippen molar-refractivity contribution in [3.05, 3.63) is 167 Å². The fourth-order valence-electron chi connectivity index (χ4n) is 10.1. The number of allylic oxidation sites excluding steroid dienone is 2. The summed E-state index contributed by atoms with van der Waals surface area (Å²) in [4.78, 5) is 2.52. The minimum absolute atomic E-state index is 0.00842. The Bertz CT molecular complexity index is 2470. The highest BCUT2D eigenvalue weighted by Gasteiger charge is 2.49. The van der Waals surface area contributed by atoms with Gasteiger partial charge in [0.15, 0.2) is 0 Å². The van der Waals surface area contributed by atoms with E-state index in [4.69, 9.17) is 0 Å². The quantitative estimate of drug-likeness (QED) is 0.181. The Morgan fingerprint density at radius 1 is 0.520 bits per heavy atom. The first-order valence-electron chi connectivity index (χ1n) is 18.3. The number of benzene rings is 6. The van der Waals surface area contributed by atoms with Crippen LogP contribution in [0.4, 0.5) is 11.4 Å². The summed E-state index contributed by atoms with van der Waals surface area (Å²) in [6.07, 6.45) is 9.10. The normalized spacial score (nSPS) is 20.9. The van der Waals surface area contributed by atoms with Crippen molar-refractivity contribution < 1.29 is 0 Å². The summed E-state index contributed by atoms with van der Waals surface area (Å²) >= 11 is 0. The number of anilines is 2. The van der Waals surface area contributed by atoms with Crippen LogP contribution in [-0.2, 0) is 16.2 Å². The number of nitrogens with zero attached hydrogens (tertiary/aromatic N) is 1. The van der Waals surface area contributed by atoms with E-state index in [1.54, 1.807) is 0 Å². The summed E-state index contributed by atoms with van der Waals surface area (Å²) in [6.45, 7) is 14.7. The molecule has 0 fully saturated rings. The van der Waals surface area contributed by atoms with Crippen LogP contribution in [0.5, 0.6) is 0 Å². The van der Waals surface area contributed by atoms with Gasteiger partial charge >= 0.3 is 0 Å². The third-order valence-corrected chi connectivity index (χ3v) is 13.3. The molecule has 0 saturated heterocycles. The number of hydrogen-bond donors (Lipinski definition) is 0. The molecule has 0 saturated carbocycles. The summed E-state index contributed by atoms with van der Waals surface area (Å²) in [7, 11) is 0. The van der Waals surface area contributed by atoms with Gasteiger partial charge in [0.1, 0.15) is 0 Å². The zero-order valence-corrected chi connectivity index (χ0v) is 29.9. The van der Waals surface area contributed by atoms with Gasteiger partial charge in [0.25, 0.3) is 0 Å². The molecule has 244 valence electrons. The molecule has 50 heavy (non-hydrogen) atoms. The molecule has 0 N–H and O–H groups in total. The van der Waals surface area contributed by atoms with Gasteiger partial charge in [0, 0.05) is 22.7 Å². The molecule has 0 amide bonds. The average Bonchev–Trinajstić information content (AvgIpc) is 3.59. The van der Waals surface area contributed by atoms with Crippen molar-refractivity contribution in [3.8, 4) is 33.4 Å². The molecule has 1 aliphatic heterocycles. The fraction of sp³-hybridized carbons (Fsp3) is 0.224. The number of fused-ring (bicyclic) bond motifs is 12. The van der Waals surface area contributed by atoms with Crippen LogP contribution < -0.4 is 4.90 Å². The van der Waals surface area contributed by atoms with Gasteiger partial charge in [-0.25, -0.2) is 0 Å². The van der Waals surface area contributed by atoms with Crippen molar-refractivity contribution >= 4 is 22.1 Å². The van der Waals surface area contributed by atoms with Crippen molar-refractivity contribution in [1.29, 1.82) is 0 Å². The van der Waals surface area contributed by atoms with Crippen LogP contribution in [0.25, 0.3) is 44.2 Å². The van der Waals surface area contributed by atoms with Crippen molar-refractivity contribution in [3.63, 3.8) is 0 Å². The number of rotatable bonds is 2. The molecule has 6 aromatic rings. The SMILES string of the molecule is CC1(C)c2cc(-c3ccc(N4c5ccccc5C5C=CC=CC54)cc3)c3ccccc3c2-c2ccc3c(c21)-c1ccccc1C(C)(C)C3(C)C. The van der Waals surface area contributed by atoms with Crippen LogP contribution in [0.15, 0.2) is 140 Å². The second-order valence-corrected chi connectivity index (χ2v) is 16.5. The number of hydrogen-bond acceptors (Lipinski definition) is 1. The lowest BCUT2D eigenvalue weighted by Gasteiger charge is -2.49. The number of para-hydroxylation sites is 1. The molecule has 1 nitrogen and oxygen atoms in total. The van der Waals surface area contributed by atoms with Crippen molar-refractivity contribution in [1.82, 2.24) is 0 Å². The van der Waals surface area contributed by atoms with E-state index >= 15 is 0 Å². The summed E-state index contributed by atoms with van der Waals surface area (Å²) < 4.78 is 0. The first-order chi connectivity index (χ1) is 24.1. The zero-order valence-electron chi connectivity index (χ0n) is 29.9. The largest absolute Gasteiger partial charge is 0.333 e. The van der Waals surface area contributed by atoms with E-state index in [1.807, 2.05) is 0 Å². The van der Waals surface area contributed by atoms with Gasteiger partial charge in [0.2, 0.25) is 0 Å². The molecular weight excluding hydrogens is 603 g/mol. The maximum atomic E-state index is 2.53. The first kappa shape index (κ1) is 29.7. The highest BCUT2D eigenvalue weighted by molar-refractivity contribution is 6.10. The first-order valence-corrected chi connectivity index (χ1v) is 18.3. The molecule has 2 atom stereocenters. The lowest BCUT2D eigenvalue weighted by molar-refractivity contribution is 0.298. The maximum absolute atomic E-state index is 2.53. The molecule has 3 aliphatic carbocycles. The van der Waals surface area contributed by atoms with Gasteiger partial charge in [-0.1, -0.05) is 157 Å². The highest BCUT2D eigenvalue weighted by atomic mass is 15.2. The summed E-state index contributed by atoms with van der Waals surface area (Å²) in [5.41, 5.74) is 17.8. The van der Waals surface area contributed by atoms with E-state index in [2.05, 4.69) is 186 Å². The second-order valence-electron chi connectivity index (χ2n) is 16.5. The van der Waals surface area contributed by atoms with Crippen LogP contribution in [0.2, 0.25) is 0 Å². The van der Waals surface area contributed by atoms with Crippen LogP contribution in [0, 0.1) is 0 Å². The zero-order chi connectivity index (χ0) is 34.2. The van der Waals surface area contributed by atoms with Crippen molar-refractivity contribution in [2.45, 2.75) is 69.7 Å². The summed E-state index contributed by atoms with van der Waals surface area (Å²) in [6, 6.07) is 44.3. The Labute approximate surface area is 296 Å². The second kappa shape index (κ2) is 9.98. The van der Waals surface area contributed by atoms with Crippen LogP contribution >= 0.6 is 0 Å². The van der Waals surface area contributed by atoms with E-state index in [0.29, 0.717) is 12.0 Å². The van der Waals surface area contributed by atoms with Gasteiger partial charge in [-0.15, -0.1) is 0 Å². The molecule has 0 spiro atoms. The van der Waals surface area contributed by atoms with Gasteiger partial charge in [-0.2, -0.15) is 0 Å². The molecule has 4 aliphatic rings. The third kappa shape index (κ3) is 3.68. The third-order valence-electron chi connectivity index (χ3n) is 13.3. The maximum Gasteiger partial charge on any atom is 0.0629 e. The Hall–Kier alpha value is -5.14. The predicted octanol–water partition coefficient (Wildman–Crippen LogP) is 12.8. The van der Waals surface area contributed by atoms with E-state index in [9.17, 15) is 0 Å². The average molecular weight is 646 g/mol. The molecule has 10 rings (SSSR count). The molecule has 1 heteroatoms. The summed E-state index contributed by atoms with van der Waals surface area (Å²) in [5.74, 6) is 0.384. The predicted molar refractivity (Wildman–Crippen MR) is 212 cm³/mol. The Balaban J connectivity index is 1.15. The Morgan fingerprint density at radius 2 is 1.20 bits per heavy atom. The highest BCUT2D eigenvalue weighted by Crippen LogP contribution is 2.62. The molecule has 2 unspecified atom stereocenters. The molecular formula is C49H43N. The van der Waals surface area contributed by atoms with Gasteiger partial charge in [-0.05, 0) is 107 Å². The monoisotopic (exact) mass is 645 g/mol. The standard InChI is InChI=1S/C49H43N/c1-47(2)41-29-38(30-23-25-31(26-24-30)50-42-21-13-10-16-33(42)34-17-11-14-22-43(34)50)32-15-7-8-18-35(32)44(41)37-27-28-40-45(46(37)47)36-19-9-12-20-39(36)48(3,4)49(40,5)6/h7-29,33,42H,1-6H3. The summed E-state index contributed by atoms with van der Waals surface area (Å²) in [5, 5.41) is 2.66. The lowest BCUT2D eigenvalue weighted by Crippen LogP contribution is -2.44. The Kier molecular flexibility index (Phi) is 5.94. The van der Waals surface area contributed by atoms with Gasteiger partial charge in [0.05, 0.1) is 6.04 Å². The van der Waals surface area contributed by atoms with Crippen LogP contribution in [-0.4, -0.2) is 6.04 Å². The Morgan fingerprint density at radius 3 is 2.02 bits per heavy atom. The minimum atomic E-state index is -0.172. The lowest BCUT2D eigenvalue weighted by atomic mass is 9.54. The van der Waals surface area contributed by atoms with Crippen molar-refractivity contribution in [2.75, 3.05) is 4.90 Å². The fourth-order valence-corrected chi connectivity index (χ4v) is 10.1. The molecule has 0 aromatic heterocycles. The van der Waals surface area contributed by atoms with Crippen molar-refractivity contribution in [2.24, 2.45) is 0 Å². The smallest absolute Gasteiger partial charge is 0.0629 e. The minimum Gasteiger partial charge on any atom is -0.333 e. The van der Waals surface area contributed by atoms with Crippen LogP contribution in [0.3, 0.4) is 0 Å². The molecule has 6 aromatic carbocycles. The van der Waals surface area contributed by atoms with E-state index in [0.717, 1.165) is 0 Å².